The third kappa shape index (κ3) is 6.63. The fraction of sp³-hybridized carbons (Fsp3) is 0.432. The van der Waals surface area contributed by atoms with E-state index in [0.29, 0.717) is 42.5 Å². The molecule has 1 saturated carbocycles. The summed E-state index contributed by atoms with van der Waals surface area (Å²) in [7, 11) is 1.71. The van der Waals surface area contributed by atoms with Gasteiger partial charge in [-0.3, -0.25) is 24.1 Å². The molecule has 1 N–H and O–H groups in total. The van der Waals surface area contributed by atoms with Crippen LogP contribution < -0.4 is 0 Å². The number of hydrogen-bond donors (Lipinski definition) is 1. The van der Waals surface area contributed by atoms with E-state index >= 15 is 0 Å². The number of ether oxygens (including phenoxy) is 3. The molecule has 2 aromatic carbocycles. The highest BCUT2D eigenvalue weighted by Gasteiger charge is 2.49. The summed E-state index contributed by atoms with van der Waals surface area (Å²) < 4.78 is 15.8. The molecular weight excluding hydrogens is 662 g/mol. The standard InChI is InChI=1S/C37H39N3O11/c1-6-29(41)50-7-8-51-35(48)28-12-26-25(11-27(28)34(46)47)32(44)39(33(26)45)18-37(4)14-22(13-36(2,3)17-37)40-19-49-16-21-9-20-15-38(5)30(42)23(20)10-24(21)31(40)43/h6,9-12,22H,1,7-8,13-19H2,2-5H3,(H,46,47). The van der Waals surface area contributed by atoms with E-state index in [2.05, 4.69) is 20.4 Å². The van der Waals surface area contributed by atoms with Crippen molar-refractivity contribution < 1.29 is 52.9 Å². The highest BCUT2D eigenvalue weighted by atomic mass is 16.6. The number of rotatable bonds is 9. The predicted molar refractivity (Wildman–Crippen MR) is 178 cm³/mol. The van der Waals surface area contributed by atoms with Crippen LogP contribution in [-0.2, 0) is 32.2 Å². The molecule has 3 aliphatic heterocycles. The van der Waals surface area contributed by atoms with Gasteiger partial charge in [0.05, 0.1) is 28.9 Å². The molecule has 0 aromatic heterocycles. The molecule has 2 unspecified atom stereocenters. The summed E-state index contributed by atoms with van der Waals surface area (Å²) in [4.78, 5) is 95.0. The van der Waals surface area contributed by atoms with Crippen LogP contribution in [0.2, 0.25) is 0 Å². The van der Waals surface area contributed by atoms with E-state index in [9.17, 15) is 38.7 Å². The van der Waals surface area contributed by atoms with Crippen molar-refractivity contribution in [1.29, 1.82) is 0 Å². The Hall–Kier alpha value is -5.37. The third-order valence-electron chi connectivity index (χ3n) is 9.98. The smallest absolute Gasteiger partial charge is 0.339 e. The second-order valence-corrected chi connectivity index (χ2v) is 14.7. The molecule has 0 spiro atoms. The van der Waals surface area contributed by atoms with Gasteiger partial charge in [-0.05, 0) is 59.4 Å². The van der Waals surface area contributed by atoms with Crippen molar-refractivity contribution in [3.05, 3.63) is 81.4 Å². The summed E-state index contributed by atoms with van der Waals surface area (Å²) in [6.45, 7) is 9.34. The lowest BCUT2D eigenvalue weighted by molar-refractivity contribution is -0.138. The first-order chi connectivity index (χ1) is 24.0. The Morgan fingerprint density at radius 2 is 1.53 bits per heavy atom. The van der Waals surface area contributed by atoms with E-state index in [1.54, 1.807) is 22.9 Å². The van der Waals surface area contributed by atoms with Gasteiger partial charge in [0.15, 0.2) is 0 Å². The molecule has 14 heteroatoms. The largest absolute Gasteiger partial charge is 0.478 e. The Labute approximate surface area is 293 Å². The van der Waals surface area contributed by atoms with E-state index in [1.807, 2.05) is 13.0 Å². The number of esters is 2. The van der Waals surface area contributed by atoms with Crippen LogP contribution in [0.25, 0.3) is 0 Å². The lowest BCUT2D eigenvalue weighted by Crippen LogP contribution is -2.53. The van der Waals surface area contributed by atoms with E-state index in [4.69, 9.17) is 14.2 Å². The molecule has 1 fully saturated rings. The fourth-order valence-corrected chi connectivity index (χ4v) is 8.16. The molecule has 3 heterocycles. The number of nitrogens with zero attached hydrogens (tertiary/aromatic N) is 3. The van der Waals surface area contributed by atoms with Crippen molar-refractivity contribution in [3.63, 3.8) is 0 Å². The van der Waals surface area contributed by atoms with Crippen LogP contribution in [0.15, 0.2) is 36.9 Å². The number of aromatic carboxylic acids is 1. The van der Waals surface area contributed by atoms with E-state index < -0.39 is 46.3 Å². The van der Waals surface area contributed by atoms with Crippen LogP contribution in [0.4, 0.5) is 0 Å². The topological polar surface area (TPSA) is 177 Å². The number of benzene rings is 2. The summed E-state index contributed by atoms with van der Waals surface area (Å²) in [5.74, 6) is -5.08. The first-order valence-corrected chi connectivity index (χ1v) is 16.6. The van der Waals surface area contributed by atoms with Gasteiger partial charge in [0.25, 0.3) is 23.6 Å². The maximum Gasteiger partial charge on any atom is 0.339 e. The van der Waals surface area contributed by atoms with Crippen molar-refractivity contribution in [2.75, 3.05) is 33.5 Å². The third-order valence-corrected chi connectivity index (χ3v) is 9.98. The molecule has 0 bridgehead atoms. The number of hydrogen-bond acceptors (Lipinski definition) is 10. The van der Waals surface area contributed by atoms with E-state index in [-0.39, 0.29) is 67.5 Å². The van der Waals surface area contributed by atoms with Crippen LogP contribution >= 0.6 is 0 Å². The Morgan fingerprint density at radius 1 is 0.882 bits per heavy atom. The van der Waals surface area contributed by atoms with Crippen LogP contribution in [0.3, 0.4) is 0 Å². The average molecular weight is 702 g/mol. The number of carbonyl (C=O) groups is 7. The van der Waals surface area contributed by atoms with Crippen molar-refractivity contribution in [3.8, 4) is 0 Å². The molecule has 268 valence electrons. The zero-order chi connectivity index (χ0) is 37.0. The second kappa shape index (κ2) is 13.1. The molecule has 0 saturated heterocycles. The Morgan fingerprint density at radius 3 is 2.20 bits per heavy atom. The number of carboxylic acids is 1. The van der Waals surface area contributed by atoms with Gasteiger partial charge in [0, 0.05) is 43.4 Å². The molecule has 2 aromatic rings. The molecule has 4 amide bonds. The normalized spacial score (nSPS) is 22.3. The lowest BCUT2D eigenvalue weighted by Gasteiger charge is -2.50. The number of imide groups is 1. The average Bonchev–Trinajstić information content (AvgIpc) is 3.39. The number of carbonyl (C=O) groups excluding carboxylic acids is 6. The number of fused-ring (bicyclic) bond motifs is 3. The zero-order valence-electron chi connectivity index (χ0n) is 28.9. The van der Waals surface area contributed by atoms with E-state index in [1.165, 1.54) is 0 Å². The minimum atomic E-state index is -1.50. The second-order valence-electron chi connectivity index (χ2n) is 14.7. The summed E-state index contributed by atoms with van der Waals surface area (Å²) in [5.41, 5.74) is 0.260. The van der Waals surface area contributed by atoms with Crippen molar-refractivity contribution in [1.82, 2.24) is 14.7 Å². The van der Waals surface area contributed by atoms with Crippen LogP contribution in [0, 0.1) is 10.8 Å². The minimum absolute atomic E-state index is 0.0239. The molecule has 4 aliphatic rings. The summed E-state index contributed by atoms with van der Waals surface area (Å²) in [6.07, 6.45) is 2.59. The van der Waals surface area contributed by atoms with Crippen molar-refractivity contribution in [2.45, 2.75) is 59.2 Å². The molecule has 51 heavy (non-hydrogen) atoms. The molecule has 2 atom stereocenters. The monoisotopic (exact) mass is 701 g/mol. The van der Waals surface area contributed by atoms with Crippen LogP contribution in [-0.4, -0.2) is 101 Å². The maximum absolute atomic E-state index is 14.1. The summed E-state index contributed by atoms with van der Waals surface area (Å²) >= 11 is 0. The van der Waals surface area contributed by atoms with Crippen LogP contribution in [0.5, 0.6) is 0 Å². The van der Waals surface area contributed by atoms with Gasteiger partial charge in [0.1, 0.15) is 19.9 Å². The summed E-state index contributed by atoms with van der Waals surface area (Å²) in [5, 5.41) is 9.87. The Kier molecular flexibility index (Phi) is 9.08. The number of carboxylic acid groups (broad SMARTS) is 1. The first kappa shape index (κ1) is 35.5. The fourth-order valence-electron chi connectivity index (χ4n) is 8.16. The molecule has 1 aliphatic carbocycles. The van der Waals surface area contributed by atoms with Gasteiger partial charge in [-0.15, -0.1) is 0 Å². The Bertz CT molecular complexity index is 1920. The highest BCUT2D eigenvalue weighted by Crippen LogP contribution is 2.49. The molecular formula is C37H39N3O11. The lowest BCUT2D eigenvalue weighted by atomic mass is 9.62. The predicted octanol–water partition coefficient (Wildman–Crippen LogP) is 3.67. The van der Waals surface area contributed by atoms with Gasteiger partial charge in [-0.1, -0.05) is 33.4 Å². The maximum atomic E-state index is 14.1. The van der Waals surface area contributed by atoms with Gasteiger partial charge in [0.2, 0.25) is 0 Å². The number of amides is 4. The first-order valence-electron chi connectivity index (χ1n) is 16.6. The zero-order valence-corrected chi connectivity index (χ0v) is 28.9. The van der Waals surface area contributed by atoms with E-state index in [0.717, 1.165) is 28.7 Å². The van der Waals surface area contributed by atoms with Gasteiger partial charge >= 0.3 is 17.9 Å². The molecule has 14 nitrogen and oxygen atoms in total. The minimum Gasteiger partial charge on any atom is -0.478 e. The molecule has 0 radical (unpaired) electrons. The van der Waals surface area contributed by atoms with Crippen molar-refractivity contribution in [2.24, 2.45) is 10.8 Å². The van der Waals surface area contributed by atoms with Gasteiger partial charge in [-0.25, -0.2) is 14.4 Å². The van der Waals surface area contributed by atoms with Gasteiger partial charge < -0.3 is 29.1 Å². The Balaban J connectivity index is 1.23. The molecule has 6 rings (SSSR count). The van der Waals surface area contributed by atoms with Crippen molar-refractivity contribution >= 4 is 41.5 Å². The summed E-state index contributed by atoms with van der Waals surface area (Å²) in [6, 6.07) is 5.26. The highest BCUT2D eigenvalue weighted by molar-refractivity contribution is 6.23. The quantitative estimate of drug-likeness (QED) is 0.175. The SMILES string of the molecule is C=CC(=O)OCCOC(=O)c1cc2c(cc1C(=O)O)C(=O)N(CC1(C)CC(N3COCc4cc5c(cc4C3=O)C(=O)N(C)C5)CC(C)(C)C1)C2=O. The van der Waals surface area contributed by atoms with Crippen LogP contribution in [0.1, 0.15) is 113 Å². The van der Waals surface area contributed by atoms with Gasteiger partial charge in [-0.2, -0.15) is 0 Å².